The Bertz CT molecular complexity index is 1540. The van der Waals surface area contributed by atoms with Crippen molar-refractivity contribution in [3.63, 3.8) is 0 Å². The van der Waals surface area contributed by atoms with Crippen molar-refractivity contribution in [2.75, 3.05) is 18.5 Å². The summed E-state index contributed by atoms with van der Waals surface area (Å²) < 4.78 is 0. The van der Waals surface area contributed by atoms with Crippen LogP contribution in [0.25, 0.3) is 10.8 Å². The molecule has 0 fully saturated rings. The molecule has 0 aromatic heterocycles. The van der Waals surface area contributed by atoms with Crippen LogP contribution in [0.15, 0.2) is 84.9 Å². The Hall–Kier alpha value is -3.87. The number of halogens is 2. The van der Waals surface area contributed by atoms with E-state index in [1.54, 1.807) is 31.3 Å². The van der Waals surface area contributed by atoms with Gasteiger partial charge in [-0.1, -0.05) is 83.9 Å². The summed E-state index contributed by atoms with van der Waals surface area (Å²) in [7, 11) is 1.55. The van der Waals surface area contributed by atoms with E-state index in [9.17, 15) is 14.4 Å². The molecule has 1 unspecified atom stereocenters. The summed E-state index contributed by atoms with van der Waals surface area (Å²) in [4.78, 5) is 43.6. The Morgan fingerprint density at radius 1 is 0.895 bits per heavy atom. The van der Waals surface area contributed by atoms with Crippen molar-refractivity contribution in [1.29, 1.82) is 0 Å². The van der Waals surface area contributed by atoms with Gasteiger partial charge in [0.05, 0.1) is 15.7 Å². The fourth-order valence-electron chi connectivity index (χ4n) is 4.92. The van der Waals surface area contributed by atoms with Gasteiger partial charge in [0, 0.05) is 31.0 Å². The van der Waals surface area contributed by atoms with Gasteiger partial charge in [-0.3, -0.25) is 19.3 Å². The molecule has 4 aromatic carbocycles. The highest BCUT2D eigenvalue weighted by Crippen LogP contribution is 2.37. The van der Waals surface area contributed by atoms with E-state index in [-0.39, 0.29) is 30.8 Å². The highest BCUT2D eigenvalue weighted by molar-refractivity contribution is 6.42. The third-order valence-electron chi connectivity index (χ3n) is 6.80. The van der Waals surface area contributed by atoms with Crippen molar-refractivity contribution < 1.29 is 14.4 Å². The lowest BCUT2D eigenvalue weighted by atomic mass is 10.0. The molecule has 1 atom stereocenters. The number of nitrogens with one attached hydrogen (secondary N) is 1. The summed E-state index contributed by atoms with van der Waals surface area (Å²) in [5.41, 5.74) is 2.87. The van der Waals surface area contributed by atoms with Gasteiger partial charge >= 0.3 is 0 Å². The Morgan fingerprint density at radius 2 is 1.63 bits per heavy atom. The number of amides is 3. The molecule has 1 aliphatic heterocycles. The summed E-state index contributed by atoms with van der Waals surface area (Å²) in [6.45, 7) is -0.101. The molecule has 0 bridgehead atoms. The topological polar surface area (TPSA) is 69.7 Å². The molecule has 0 aliphatic carbocycles. The summed E-state index contributed by atoms with van der Waals surface area (Å²) in [5.74, 6) is -0.904. The number of anilines is 1. The molecule has 0 saturated carbocycles. The molecule has 4 aromatic rings. The summed E-state index contributed by atoms with van der Waals surface area (Å²) in [6.07, 6.45) is 0.303. The van der Waals surface area contributed by atoms with Crippen molar-refractivity contribution >= 4 is 57.4 Å². The highest BCUT2D eigenvalue weighted by Gasteiger charge is 2.35. The first kappa shape index (κ1) is 25.8. The smallest absolute Gasteiger partial charge is 0.259 e. The van der Waals surface area contributed by atoms with E-state index in [2.05, 4.69) is 5.32 Å². The summed E-state index contributed by atoms with van der Waals surface area (Å²) in [5, 5.41) is 5.21. The van der Waals surface area contributed by atoms with Crippen molar-refractivity contribution in [2.24, 2.45) is 0 Å². The van der Waals surface area contributed by atoms with Crippen molar-refractivity contribution in [2.45, 2.75) is 19.0 Å². The van der Waals surface area contributed by atoms with E-state index in [0.29, 0.717) is 33.3 Å². The molecule has 5 rings (SSSR count). The molecule has 3 amide bonds. The van der Waals surface area contributed by atoms with E-state index in [0.717, 1.165) is 16.3 Å². The highest BCUT2D eigenvalue weighted by atomic mass is 35.5. The lowest BCUT2D eigenvalue weighted by Gasteiger charge is -2.32. The van der Waals surface area contributed by atoms with E-state index in [1.807, 2.05) is 60.7 Å². The first-order chi connectivity index (χ1) is 18.4. The summed E-state index contributed by atoms with van der Waals surface area (Å²) in [6, 6.07) is 25.0. The molecule has 0 saturated heterocycles. The van der Waals surface area contributed by atoms with Gasteiger partial charge in [0.25, 0.3) is 5.91 Å². The van der Waals surface area contributed by atoms with Gasteiger partial charge in [-0.2, -0.15) is 0 Å². The first-order valence-electron chi connectivity index (χ1n) is 12.2. The number of rotatable bonds is 8. The normalized spacial score (nSPS) is 13.0. The third kappa shape index (κ3) is 4.97. The first-order valence-corrected chi connectivity index (χ1v) is 13.0. The maximum absolute atomic E-state index is 14.0. The molecule has 6 nitrogen and oxygen atoms in total. The molecule has 192 valence electrons. The van der Waals surface area contributed by atoms with Crippen LogP contribution in [0.5, 0.6) is 0 Å². The van der Waals surface area contributed by atoms with Gasteiger partial charge in [0.1, 0.15) is 12.6 Å². The minimum atomic E-state index is -0.819. The minimum absolute atomic E-state index is 0.111. The standard InChI is InChI=1S/C30H25Cl2N3O3/c1-33-29(37)26(16-19-7-3-2-4-8-19)34(17-20-13-14-23(31)24(32)15-20)27(36)18-35-25-12-6-10-21-9-5-11-22(28(21)25)30(35)38/h2-15,26H,16-18H2,1H3,(H,33,37). The molecule has 8 heteroatoms. The lowest BCUT2D eigenvalue weighted by molar-refractivity contribution is -0.140. The maximum Gasteiger partial charge on any atom is 0.259 e. The molecular formula is C30H25Cl2N3O3. The molecule has 38 heavy (non-hydrogen) atoms. The molecular weight excluding hydrogens is 521 g/mol. The summed E-state index contributed by atoms with van der Waals surface area (Å²) >= 11 is 12.4. The average molecular weight is 546 g/mol. The quantitative estimate of drug-likeness (QED) is 0.318. The fourth-order valence-corrected chi connectivity index (χ4v) is 5.24. The van der Waals surface area contributed by atoms with Crippen LogP contribution in [0.3, 0.4) is 0 Å². The monoisotopic (exact) mass is 545 g/mol. The zero-order valence-electron chi connectivity index (χ0n) is 20.7. The van der Waals surface area contributed by atoms with E-state index < -0.39 is 6.04 Å². The van der Waals surface area contributed by atoms with Crippen LogP contribution in [-0.2, 0) is 22.6 Å². The number of likely N-dealkylation sites (N-methyl/N-ethyl adjacent to an activating group) is 1. The van der Waals surface area contributed by atoms with Crippen LogP contribution in [-0.4, -0.2) is 42.3 Å². The molecule has 1 N–H and O–H groups in total. The fraction of sp³-hybridized carbons (Fsp3) is 0.167. The second-order valence-electron chi connectivity index (χ2n) is 9.16. The molecule has 0 spiro atoms. The van der Waals surface area contributed by atoms with Crippen LogP contribution in [0, 0.1) is 0 Å². The van der Waals surface area contributed by atoms with Crippen molar-refractivity contribution in [3.05, 3.63) is 112 Å². The maximum atomic E-state index is 14.0. The molecule has 0 radical (unpaired) electrons. The Morgan fingerprint density at radius 3 is 2.34 bits per heavy atom. The van der Waals surface area contributed by atoms with Gasteiger partial charge < -0.3 is 10.2 Å². The van der Waals surface area contributed by atoms with Gasteiger partial charge in [0.2, 0.25) is 11.8 Å². The van der Waals surface area contributed by atoms with Gasteiger partial charge in [-0.05, 0) is 40.8 Å². The van der Waals surface area contributed by atoms with E-state index in [4.69, 9.17) is 23.2 Å². The number of carbonyl (C=O) groups excluding carboxylic acids is 3. The van der Waals surface area contributed by atoms with E-state index >= 15 is 0 Å². The van der Waals surface area contributed by atoms with Crippen LogP contribution < -0.4 is 10.2 Å². The van der Waals surface area contributed by atoms with E-state index in [1.165, 1.54) is 9.80 Å². The lowest BCUT2D eigenvalue weighted by Crippen LogP contribution is -2.52. The second kappa shape index (κ2) is 10.9. The zero-order chi connectivity index (χ0) is 26.8. The molecule has 1 heterocycles. The van der Waals surface area contributed by atoms with Gasteiger partial charge in [0.15, 0.2) is 0 Å². The second-order valence-corrected chi connectivity index (χ2v) is 9.98. The van der Waals surface area contributed by atoms with Crippen LogP contribution >= 0.6 is 23.2 Å². The SMILES string of the molecule is CNC(=O)C(Cc1ccccc1)N(Cc1ccc(Cl)c(Cl)c1)C(=O)CN1C(=O)c2cccc3cccc1c23. The Labute approximate surface area is 230 Å². The predicted molar refractivity (Wildman–Crippen MR) is 151 cm³/mol. The number of carbonyl (C=O) groups is 3. The third-order valence-corrected chi connectivity index (χ3v) is 7.54. The van der Waals surface area contributed by atoms with Crippen LogP contribution in [0.4, 0.5) is 5.69 Å². The van der Waals surface area contributed by atoms with Gasteiger partial charge in [-0.15, -0.1) is 0 Å². The number of benzene rings is 4. The zero-order valence-corrected chi connectivity index (χ0v) is 22.2. The number of hydrogen-bond acceptors (Lipinski definition) is 3. The Kier molecular flexibility index (Phi) is 7.36. The van der Waals surface area contributed by atoms with Crippen LogP contribution in [0.1, 0.15) is 21.5 Å². The minimum Gasteiger partial charge on any atom is -0.357 e. The van der Waals surface area contributed by atoms with Crippen molar-refractivity contribution in [3.8, 4) is 0 Å². The average Bonchev–Trinajstić information content (AvgIpc) is 3.20. The predicted octanol–water partition coefficient (Wildman–Crippen LogP) is 5.49. The number of nitrogens with zero attached hydrogens (tertiary/aromatic N) is 2. The Balaban J connectivity index is 1.51. The molecule has 1 aliphatic rings. The number of hydrogen-bond donors (Lipinski definition) is 1. The van der Waals surface area contributed by atoms with Crippen LogP contribution in [0.2, 0.25) is 10.0 Å². The van der Waals surface area contributed by atoms with Gasteiger partial charge in [-0.25, -0.2) is 0 Å². The van der Waals surface area contributed by atoms with Crippen molar-refractivity contribution in [1.82, 2.24) is 10.2 Å². The largest absolute Gasteiger partial charge is 0.357 e.